The molecule has 0 aromatic carbocycles. The lowest BCUT2D eigenvalue weighted by atomic mass is 10.1. The summed E-state index contributed by atoms with van der Waals surface area (Å²) in [6.07, 6.45) is 1.95. The molecule has 0 unspecified atom stereocenters. The first kappa shape index (κ1) is 22.6. The molecule has 0 fully saturated rings. The Kier molecular flexibility index (Phi) is 8.55. The Hall–Kier alpha value is -3.48. The van der Waals surface area contributed by atoms with Crippen molar-refractivity contribution in [2.75, 3.05) is 0 Å². The summed E-state index contributed by atoms with van der Waals surface area (Å²) >= 11 is 0. The lowest BCUT2D eigenvalue weighted by Crippen LogP contribution is -2.55. The average molecular weight is 397 g/mol. The van der Waals surface area contributed by atoms with Crippen LogP contribution in [0.2, 0.25) is 0 Å². The van der Waals surface area contributed by atoms with Crippen molar-refractivity contribution in [2.24, 2.45) is 17.2 Å². The van der Waals surface area contributed by atoms with Crippen molar-refractivity contribution >= 4 is 29.6 Å². The summed E-state index contributed by atoms with van der Waals surface area (Å²) in [6.45, 7) is 0. The Balaban J connectivity index is 2.87. The van der Waals surface area contributed by atoms with Gasteiger partial charge >= 0.3 is 5.97 Å². The van der Waals surface area contributed by atoms with Crippen LogP contribution < -0.4 is 27.8 Å². The van der Waals surface area contributed by atoms with Crippen LogP contribution in [0.5, 0.6) is 0 Å². The van der Waals surface area contributed by atoms with Crippen LogP contribution in [0.1, 0.15) is 25.0 Å². The minimum atomic E-state index is -1.56. The number of carbonyl (C=O) groups is 5. The van der Waals surface area contributed by atoms with Gasteiger partial charge in [0, 0.05) is 24.7 Å². The van der Waals surface area contributed by atoms with E-state index in [1.165, 1.54) is 12.5 Å². The highest BCUT2D eigenvalue weighted by molar-refractivity contribution is 5.93. The Morgan fingerprint density at radius 3 is 2.21 bits per heavy atom. The number of imidazole rings is 1. The first-order chi connectivity index (χ1) is 13.1. The molecule has 1 heterocycles. The van der Waals surface area contributed by atoms with Gasteiger partial charge in [0.05, 0.1) is 18.8 Å². The van der Waals surface area contributed by atoms with Crippen LogP contribution in [0.4, 0.5) is 0 Å². The quantitative estimate of drug-likeness (QED) is 0.186. The van der Waals surface area contributed by atoms with Crippen LogP contribution in [0.15, 0.2) is 12.5 Å². The standard InChI is InChI=1S/C15H23N7O6/c16-8(1-2-11(17)23)13(25)21-9(3-7-5-19-6-20-7)14(26)22-10(15(27)28)4-12(18)24/h5-6,8-10H,1-4,16H2,(H2,17,23)(H2,18,24)(H,19,20)(H,21,25)(H,22,26)(H,27,28)/t8-,9-,10-/m0/s1. The van der Waals surface area contributed by atoms with E-state index in [0.29, 0.717) is 5.69 Å². The predicted octanol–water partition coefficient (Wildman–Crippen LogP) is -3.53. The third-order valence-corrected chi connectivity index (χ3v) is 3.67. The molecular weight excluding hydrogens is 374 g/mol. The Morgan fingerprint density at radius 2 is 1.71 bits per heavy atom. The van der Waals surface area contributed by atoms with Gasteiger partial charge in [-0.25, -0.2) is 9.78 Å². The number of primary amides is 2. The molecule has 0 aliphatic rings. The minimum Gasteiger partial charge on any atom is -0.480 e. The molecule has 0 spiro atoms. The predicted molar refractivity (Wildman–Crippen MR) is 94.0 cm³/mol. The second kappa shape index (κ2) is 10.6. The van der Waals surface area contributed by atoms with E-state index in [4.69, 9.17) is 22.3 Å². The van der Waals surface area contributed by atoms with Gasteiger partial charge in [-0.3, -0.25) is 19.2 Å². The van der Waals surface area contributed by atoms with Gasteiger partial charge in [-0.15, -0.1) is 0 Å². The number of hydrogen-bond donors (Lipinski definition) is 7. The molecule has 0 radical (unpaired) electrons. The van der Waals surface area contributed by atoms with Crippen molar-refractivity contribution in [3.05, 3.63) is 18.2 Å². The number of rotatable bonds is 12. The fourth-order valence-corrected chi connectivity index (χ4v) is 2.21. The maximum absolute atomic E-state index is 12.5. The van der Waals surface area contributed by atoms with Gasteiger partial charge in [0.25, 0.3) is 0 Å². The number of carboxylic acids is 1. The maximum Gasteiger partial charge on any atom is 0.326 e. The molecule has 1 aromatic rings. The Morgan fingerprint density at radius 1 is 1.07 bits per heavy atom. The number of nitrogens with zero attached hydrogens (tertiary/aromatic N) is 1. The molecule has 4 amide bonds. The summed E-state index contributed by atoms with van der Waals surface area (Å²) in [6, 6.07) is -3.89. The third-order valence-electron chi connectivity index (χ3n) is 3.67. The van der Waals surface area contributed by atoms with E-state index in [1.807, 2.05) is 0 Å². The Labute approximate surface area is 159 Å². The van der Waals surface area contributed by atoms with E-state index in [1.54, 1.807) is 0 Å². The second-order valence-corrected chi connectivity index (χ2v) is 6.02. The summed E-state index contributed by atoms with van der Waals surface area (Å²) in [7, 11) is 0. The number of aromatic amines is 1. The fourth-order valence-electron chi connectivity index (χ4n) is 2.21. The van der Waals surface area contributed by atoms with E-state index >= 15 is 0 Å². The zero-order chi connectivity index (χ0) is 21.3. The summed E-state index contributed by atoms with van der Waals surface area (Å²) < 4.78 is 0. The number of H-pyrrole nitrogens is 1. The highest BCUT2D eigenvalue weighted by Crippen LogP contribution is 2.03. The van der Waals surface area contributed by atoms with Crippen LogP contribution in [-0.2, 0) is 30.4 Å². The van der Waals surface area contributed by atoms with Gasteiger partial charge in [0.1, 0.15) is 12.1 Å². The molecule has 28 heavy (non-hydrogen) atoms. The second-order valence-electron chi connectivity index (χ2n) is 6.02. The van der Waals surface area contributed by atoms with Crippen molar-refractivity contribution in [1.29, 1.82) is 0 Å². The summed E-state index contributed by atoms with van der Waals surface area (Å²) in [4.78, 5) is 64.2. The largest absolute Gasteiger partial charge is 0.480 e. The molecule has 1 rings (SSSR count). The van der Waals surface area contributed by atoms with Crippen molar-refractivity contribution in [3.63, 3.8) is 0 Å². The molecule has 13 heteroatoms. The van der Waals surface area contributed by atoms with Gasteiger partial charge < -0.3 is 37.9 Å². The van der Waals surface area contributed by atoms with Crippen LogP contribution in [0, 0.1) is 0 Å². The number of aliphatic carboxylic acids is 1. The highest BCUT2D eigenvalue weighted by Gasteiger charge is 2.29. The molecule has 154 valence electrons. The number of nitrogens with one attached hydrogen (secondary N) is 3. The summed E-state index contributed by atoms with van der Waals surface area (Å²) in [5.41, 5.74) is 16.1. The first-order valence-corrected chi connectivity index (χ1v) is 8.23. The zero-order valence-electron chi connectivity index (χ0n) is 14.9. The number of carboxylic acid groups (broad SMARTS) is 1. The number of hydrogen-bond acceptors (Lipinski definition) is 7. The molecule has 0 saturated heterocycles. The molecule has 0 aliphatic carbocycles. The third kappa shape index (κ3) is 7.82. The van der Waals surface area contributed by atoms with Gasteiger partial charge in [-0.05, 0) is 6.42 Å². The van der Waals surface area contributed by atoms with E-state index in [2.05, 4.69) is 20.6 Å². The first-order valence-electron chi connectivity index (χ1n) is 8.23. The number of aromatic nitrogens is 2. The molecule has 1 aromatic heterocycles. The highest BCUT2D eigenvalue weighted by atomic mass is 16.4. The zero-order valence-corrected chi connectivity index (χ0v) is 14.9. The molecular formula is C15H23N7O6. The van der Waals surface area contributed by atoms with Crippen LogP contribution >= 0.6 is 0 Å². The van der Waals surface area contributed by atoms with Gasteiger partial charge in [0.2, 0.25) is 23.6 Å². The van der Waals surface area contributed by atoms with Gasteiger partial charge in [0.15, 0.2) is 0 Å². The Bertz CT molecular complexity index is 720. The van der Waals surface area contributed by atoms with Gasteiger partial charge in [-0.1, -0.05) is 0 Å². The molecule has 10 N–H and O–H groups in total. The molecule has 0 aliphatic heterocycles. The minimum absolute atomic E-state index is 0.0288. The number of amides is 4. The lowest BCUT2D eigenvalue weighted by Gasteiger charge is -2.22. The SMILES string of the molecule is NC(=O)CC[C@H](N)C(=O)N[C@@H](Cc1cnc[nH]1)C(=O)N[C@@H](CC(N)=O)C(=O)O. The van der Waals surface area contributed by atoms with E-state index in [9.17, 15) is 24.0 Å². The monoisotopic (exact) mass is 397 g/mol. The van der Waals surface area contributed by atoms with Crippen molar-refractivity contribution in [2.45, 2.75) is 43.8 Å². The van der Waals surface area contributed by atoms with E-state index in [-0.39, 0.29) is 19.3 Å². The number of carbonyl (C=O) groups excluding carboxylic acids is 4. The van der Waals surface area contributed by atoms with Gasteiger partial charge in [-0.2, -0.15) is 0 Å². The molecule has 0 saturated carbocycles. The topological polar surface area (TPSA) is 236 Å². The molecule has 3 atom stereocenters. The van der Waals surface area contributed by atoms with Crippen LogP contribution in [-0.4, -0.2) is 62.8 Å². The van der Waals surface area contributed by atoms with E-state index < -0.39 is 54.1 Å². The number of nitrogens with two attached hydrogens (primary N) is 3. The van der Waals surface area contributed by atoms with Crippen LogP contribution in [0.3, 0.4) is 0 Å². The summed E-state index contributed by atoms with van der Waals surface area (Å²) in [5, 5.41) is 13.7. The summed E-state index contributed by atoms with van der Waals surface area (Å²) in [5.74, 6) is -4.61. The maximum atomic E-state index is 12.5. The van der Waals surface area contributed by atoms with Crippen LogP contribution in [0.25, 0.3) is 0 Å². The molecule has 13 nitrogen and oxygen atoms in total. The van der Waals surface area contributed by atoms with Crippen molar-refractivity contribution in [3.8, 4) is 0 Å². The fraction of sp³-hybridized carbons (Fsp3) is 0.467. The van der Waals surface area contributed by atoms with Crippen molar-refractivity contribution < 1.29 is 29.1 Å². The lowest BCUT2D eigenvalue weighted by molar-refractivity contribution is -0.143. The smallest absolute Gasteiger partial charge is 0.326 e. The van der Waals surface area contributed by atoms with Crippen molar-refractivity contribution in [1.82, 2.24) is 20.6 Å². The average Bonchev–Trinajstić information content (AvgIpc) is 3.10. The molecule has 0 bridgehead atoms. The normalized spacial score (nSPS) is 13.8. The van der Waals surface area contributed by atoms with E-state index in [0.717, 1.165) is 0 Å².